The van der Waals surface area contributed by atoms with E-state index < -0.39 is 0 Å². The smallest absolute Gasteiger partial charge is 0.221 e. The van der Waals surface area contributed by atoms with Gasteiger partial charge in [-0.05, 0) is 91.8 Å². The van der Waals surface area contributed by atoms with E-state index in [1.807, 2.05) is 0 Å². The fraction of sp³-hybridized carbons (Fsp3) is 0.912. The third kappa shape index (κ3) is 4.45. The van der Waals surface area contributed by atoms with Gasteiger partial charge in [0.25, 0.3) is 0 Å². The van der Waals surface area contributed by atoms with Gasteiger partial charge in [-0.15, -0.1) is 0 Å². The van der Waals surface area contributed by atoms with Crippen molar-refractivity contribution in [1.82, 2.24) is 10.2 Å². The summed E-state index contributed by atoms with van der Waals surface area (Å²) in [7, 11) is 0. The van der Waals surface area contributed by atoms with E-state index in [0.717, 1.165) is 76.5 Å². The van der Waals surface area contributed by atoms with E-state index in [1.165, 1.54) is 38.5 Å². The lowest BCUT2D eigenvalue weighted by Gasteiger charge is -2.58. The molecule has 0 radical (unpaired) electrons. The summed E-state index contributed by atoms with van der Waals surface area (Å²) in [6.45, 7) is 15.2. The fourth-order valence-corrected chi connectivity index (χ4v) is 11.2. The van der Waals surface area contributed by atoms with Gasteiger partial charge in [0.2, 0.25) is 5.91 Å². The fourth-order valence-electron chi connectivity index (χ4n) is 11.2. The Hall–Kier alpha value is -0.950. The van der Waals surface area contributed by atoms with Crippen LogP contribution in [0, 0.1) is 46.3 Å². The van der Waals surface area contributed by atoms with Crippen LogP contribution in [0.25, 0.3) is 0 Å². The predicted octanol–water partition coefficient (Wildman–Crippen LogP) is 5.56. The van der Waals surface area contributed by atoms with E-state index in [4.69, 9.17) is 14.2 Å². The number of allylic oxidation sites excluding steroid dienone is 1. The van der Waals surface area contributed by atoms with Crippen LogP contribution in [0.4, 0.5) is 0 Å². The van der Waals surface area contributed by atoms with Gasteiger partial charge in [-0.3, -0.25) is 9.69 Å². The summed E-state index contributed by atoms with van der Waals surface area (Å²) >= 11 is 0. The molecule has 6 heteroatoms. The molecule has 0 aromatic rings. The minimum absolute atomic E-state index is 0.226. The van der Waals surface area contributed by atoms with Gasteiger partial charge in [0.05, 0.1) is 25.9 Å². The van der Waals surface area contributed by atoms with Crippen LogP contribution < -0.4 is 5.32 Å². The van der Waals surface area contributed by atoms with Gasteiger partial charge < -0.3 is 19.5 Å². The molecule has 4 aliphatic carbocycles. The van der Waals surface area contributed by atoms with E-state index in [9.17, 15) is 4.79 Å². The van der Waals surface area contributed by atoms with E-state index in [0.29, 0.717) is 47.2 Å². The van der Waals surface area contributed by atoms with Gasteiger partial charge in [-0.1, -0.05) is 39.3 Å². The van der Waals surface area contributed by atoms with E-state index in [2.05, 4.69) is 44.0 Å². The van der Waals surface area contributed by atoms with Gasteiger partial charge in [0.1, 0.15) is 0 Å². The molecule has 3 saturated carbocycles. The number of morpholine rings is 1. The highest BCUT2D eigenvalue weighted by Crippen LogP contribution is 2.70. The maximum absolute atomic E-state index is 12.8. The summed E-state index contributed by atoms with van der Waals surface area (Å²) in [5.74, 6) is 4.00. The van der Waals surface area contributed by atoms with Crippen LogP contribution in [0.3, 0.4) is 0 Å². The van der Waals surface area contributed by atoms with Crippen LogP contribution >= 0.6 is 0 Å². The lowest BCUT2D eigenvalue weighted by Crippen LogP contribution is -2.53. The zero-order valence-electron chi connectivity index (χ0n) is 25.6. The molecule has 11 atom stereocenters. The maximum Gasteiger partial charge on any atom is 0.221 e. The van der Waals surface area contributed by atoms with Crippen LogP contribution in [0.15, 0.2) is 11.6 Å². The zero-order valence-corrected chi connectivity index (χ0v) is 25.6. The van der Waals surface area contributed by atoms with Crippen LogP contribution in [0.5, 0.6) is 0 Å². The van der Waals surface area contributed by atoms with E-state index >= 15 is 0 Å². The molecule has 1 N–H and O–H groups in total. The lowest BCUT2D eigenvalue weighted by molar-refractivity contribution is -0.272. The quantitative estimate of drug-likeness (QED) is 0.461. The van der Waals surface area contributed by atoms with Gasteiger partial charge in [-0.25, -0.2) is 0 Å². The molecule has 3 heterocycles. The molecule has 224 valence electrons. The average molecular weight is 555 g/mol. The molecule has 7 aliphatic rings. The van der Waals surface area contributed by atoms with Crippen LogP contribution in [-0.4, -0.2) is 68.2 Å². The highest BCUT2D eigenvalue weighted by Gasteiger charge is 2.68. The second-order valence-electron chi connectivity index (χ2n) is 15.5. The average Bonchev–Trinajstić information content (AvgIpc) is 3.40. The molecule has 3 aliphatic heterocycles. The molecule has 0 aromatic heterocycles. The van der Waals surface area contributed by atoms with Crippen molar-refractivity contribution in [3.8, 4) is 0 Å². The maximum atomic E-state index is 12.8. The van der Waals surface area contributed by atoms with Crippen molar-refractivity contribution in [2.24, 2.45) is 46.3 Å². The lowest BCUT2D eigenvalue weighted by atomic mass is 9.46. The number of ether oxygens (including phenoxy) is 3. The monoisotopic (exact) mass is 554 g/mol. The molecular weight excluding hydrogens is 500 g/mol. The number of fused-ring (bicyclic) bond motifs is 7. The minimum Gasteiger partial charge on any atom is -0.379 e. The van der Waals surface area contributed by atoms with Crippen LogP contribution in [-0.2, 0) is 19.0 Å². The number of carbonyl (C=O) groups excluding carboxylic acids is 1. The van der Waals surface area contributed by atoms with Crippen LogP contribution in [0.1, 0.15) is 91.9 Å². The molecule has 0 unspecified atom stereocenters. The minimum atomic E-state index is -0.316. The van der Waals surface area contributed by atoms with Crippen molar-refractivity contribution in [2.45, 2.75) is 110 Å². The Labute approximate surface area is 242 Å². The molecule has 6 nitrogen and oxygen atoms in total. The van der Waals surface area contributed by atoms with Gasteiger partial charge >= 0.3 is 0 Å². The Morgan fingerprint density at radius 3 is 2.67 bits per heavy atom. The highest BCUT2D eigenvalue weighted by molar-refractivity contribution is 5.76. The SMILES string of the molecule is C[C@@H]1CC[C@@]2(OC1)O[C@H]1C[C@H]3[C@@H]4CC=C5C[C@@H](NC(=O)CCN6CCOCC6)CC[C@]5(C)[C@H]4CC[C@]3(C)[C@H]1[C@@H]2C. The highest BCUT2D eigenvalue weighted by atomic mass is 16.7. The Balaban J connectivity index is 1.00. The molecule has 0 aromatic carbocycles. The van der Waals surface area contributed by atoms with Crippen molar-refractivity contribution in [3.63, 3.8) is 0 Å². The third-order valence-corrected chi connectivity index (χ3v) is 13.5. The molecule has 40 heavy (non-hydrogen) atoms. The largest absolute Gasteiger partial charge is 0.379 e. The number of amides is 1. The molecule has 1 spiro atoms. The first-order chi connectivity index (χ1) is 19.2. The summed E-state index contributed by atoms with van der Waals surface area (Å²) in [6.07, 6.45) is 14.4. The summed E-state index contributed by atoms with van der Waals surface area (Å²) < 4.78 is 18.9. The predicted molar refractivity (Wildman–Crippen MR) is 156 cm³/mol. The number of hydrogen-bond donors (Lipinski definition) is 1. The summed E-state index contributed by atoms with van der Waals surface area (Å²) in [5, 5.41) is 3.42. The van der Waals surface area contributed by atoms with E-state index in [-0.39, 0.29) is 11.7 Å². The Morgan fingerprint density at radius 2 is 1.90 bits per heavy atom. The van der Waals surface area contributed by atoms with E-state index in [1.54, 1.807) is 5.57 Å². The number of nitrogens with one attached hydrogen (secondary N) is 1. The summed E-state index contributed by atoms with van der Waals surface area (Å²) in [5.41, 5.74) is 2.32. The second-order valence-corrected chi connectivity index (χ2v) is 15.5. The molecule has 3 saturated heterocycles. The van der Waals surface area contributed by atoms with Crippen molar-refractivity contribution < 1.29 is 19.0 Å². The standard InChI is InChI=1S/C34H54N2O4/c1-22-7-13-34(39-21-22)23(2)31-29(40-34)20-28-26-6-5-24-19-25(35-30(37)10-14-36-15-17-38-18-16-36)8-11-32(24,3)27(26)9-12-33(28,31)4/h5,22-23,25-29,31H,6-21H2,1-4H3,(H,35,37)/t22-,23+,25+,26-,27+,28+,29+,31+,32+,33+,34-/m1/s1. The van der Waals surface area contributed by atoms with Crippen molar-refractivity contribution in [1.29, 1.82) is 0 Å². The normalized spacial score (nSPS) is 50.5. The topological polar surface area (TPSA) is 60.0 Å². The van der Waals surface area contributed by atoms with Gasteiger partial charge in [0, 0.05) is 44.4 Å². The number of nitrogens with zero attached hydrogens (tertiary/aromatic N) is 1. The number of rotatable bonds is 4. The van der Waals surface area contributed by atoms with Gasteiger partial charge in [0.15, 0.2) is 5.79 Å². The molecule has 6 fully saturated rings. The van der Waals surface area contributed by atoms with Crippen molar-refractivity contribution in [3.05, 3.63) is 11.6 Å². The third-order valence-electron chi connectivity index (χ3n) is 13.5. The first kappa shape index (κ1) is 27.9. The first-order valence-corrected chi connectivity index (χ1v) is 16.8. The first-order valence-electron chi connectivity index (χ1n) is 16.8. The van der Waals surface area contributed by atoms with Crippen LogP contribution in [0.2, 0.25) is 0 Å². The van der Waals surface area contributed by atoms with Crippen molar-refractivity contribution in [2.75, 3.05) is 39.5 Å². The molecule has 7 rings (SSSR count). The summed E-state index contributed by atoms with van der Waals surface area (Å²) in [6, 6.07) is 0.302. The zero-order chi connectivity index (χ0) is 27.7. The Bertz CT molecular complexity index is 1000. The van der Waals surface area contributed by atoms with Crippen molar-refractivity contribution >= 4 is 5.91 Å². The Morgan fingerprint density at radius 1 is 1.07 bits per heavy atom. The molecule has 0 bridgehead atoms. The molecular formula is C34H54N2O4. The number of hydrogen-bond acceptors (Lipinski definition) is 5. The second kappa shape index (κ2) is 10.3. The Kier molecular flexibility index (Phi) is 7.21. The van der Waals surface area contributed by atoms with Gasteiger partial charge in [-0.2, -0.15) is 0 Å². The molecule has 1 amide bonds. The number of carbonyl (C=O) groups is 1. The summed E-state index contributed by atoms with van der Waals surface area (Å²) in [4.78, 5) is 15.2.